The molecule has 1 N–H and O–H groups in total. The van der Waals surface area contributed by atoms with E-state index in [1.54, 1.807) is 0 Å². The molecule has 0 fully saturated rings. The zero-order valence-electron chi connectivity index (χ0n) is 14.1. The van der Waals surface area contributed by atoms with Crippen molar-refractivity contribution in [1.29, 1.82) is 0 Å². The van der Waals surface area contributed by atoms with Gasteiger partial charge in [-0.15, -0.1) is 0 Å². The van der Waals surface area contributed by atoms with E-state index < -0.39 is 0 Å². The first-order valence-corrected chi connectivity index (χ1v) is 7.83. The number of nitrogens with zero attached hydrogens (tertiary/aromatic N) is 3. The van der Waals surface area contributed by atoms with E-state index in [2.05, 4.69) is 68.8 Å². The molecule has 0 atom stereocenters. The minimum atomic E-state index is 0.192. The molecule has 0 aliphatic carbocycles. The van der Waals surface area contributed by atoms with Crippen LogP contribution in [0.3, 0.4) is 0 Å². The van der Waals surface area contributed by atoms with E-state index in [4.69, 9.17) is 5.10 Å². The van der Waals surface area contributed by atoms with Crippen LogP contribution < -0.4 is 5.32 Å². The van der Waals surface area contributed by atoms with Crippen LogP contribution in [0.4, 0.5) is 0 Å². The molecule has 0 aliphatic rings. The lowest BCUT2D eigenvalue weighted by molar-refractivity contribution is 0.298. The molecule has 0 bridgehead atoms. The van der Waals surface area contributed by atoms with Crippen molar-refractivity contribution >= 4 is 0 Å². The lowest BCUT2D eigenvalue weighted by Gasteiger charge is -2.23. The van der Waals surface area contributed by atoms with E-state index in [9.17, 15) is 0 Å². The van der Waals surface area contributed by atoms with Gasteiger partial charge >= 0.3 is 0 Å². The van der Waals surface area contributed by atoms with Crippen LogP contribution in [0.25, 0.3) is 0 Å². The standard InChI is InChI=1S/C16H32N4/c1-7-15(8-2)20-11-9-14(18-20)13-19(6)12-10-17-16(3,4)5/h9,11,15,17H,7-8,10,12-13H2,1-6H3. The molecule has 0 aromatic carbocycles. The van der Waals surface area contributed by atoms with Gasteiger partial charge in [-0.25, -0.2) is 0 Å². The zero-order chi connectivity index (χ0) is 15.2. The maximum atomic E-state index is 4.70. The fourth-order valence-corrected chi connectivity index (χ4v) is 2.31. The van der Waals surface area contributed by atoms with Gasteiger partial charge in [0.1, 0.15) is 0 Å². The summed E-state index contributed by atoms with van der Waals surface area (Å²) in [5.74, 6) is 0. The smallest absolute Gasteiger partial charge is 0.0764 e. The van der Waals surface area contributed by atoms with Gasteiger partial charge in [-0.3, -0.25) is 9.58 Å². The van der Waals surface area contributed by atoms with Gasteiger partial charge in [0.15, 0.2) is 0 Å². The number of rotatable bonds is 8. The highest BCUT2D eigenvalue weighted by molar-refractivity contribution is 4.99. The Morgan fingerprint density at radius 3 is 2.50 bits per heavy atom. The Morgan fingerprint density at radius 2 is 1.95 bits per heavy atom. The summed E-state index contributed by atoms with van der Waals surface area (Å²) in [4.78, 5) is 2.32. The van der Waals surface area contributed by atoms with Crippen LogP contribution >= 0.6 is 0 Å². The highest BCUT2D eigenvalue weighted by atomic mass is 15.3. The van der Waals surface area contributed by atoms with E-state index >= 15 is 0 Å². The van der Waals surface area contributed by atoms with Gasteiger partial charge in [-0.05, 0) is 46.7 Å². The highest BCUT2D eigenvalue weighted by Crippen LogP contribution is 2.14. The number of likely N-dealkylation sites (N-methyl/N-ethyl adjacent to an activating group) is 1. The molecule has 1 aromatic rings. The molecule has 4 nitrogen and oxygen atoms in total. The first kappa shape index (κ1) is 17.2. The monoisotopic (exact) mass is 280 g/mol. The third-order valence-electron chi connectivity index (χ3n) is 3.56. The molecule has 0 saturated carbocycles. The van der Waals surface area contributed by atoms with Gasteiger partial charge in [0.25, 0.3) is 0 Å². The van der Waals surface area contributed by atoms with Crippen LogP contribution in [0.5, 0.6) is 0 Å². The van der Waals surface area contributed by atoms with E-state index in [-0.39, 0.29) is 5.54 Å². The Bertz CT molecular complexity index is 374. The zero-order valence-corrected chi connectivity index (χ0v) is 14.1. The summed E-state index contributed by atoms with van der Waals surface area (Å²) in [6, 6.07) is 2.68. The Hall–Kier alpha value is -0.870. The molecule has 0 aliphatic heterocycles. The molecule has 0 unspecified atom stereocenters. The second kappa shape index (κ2) is 7.79. The molecule has 0 spiro atoms. The summed E-state index contributed by atoms with van der Waals surface area (Å²) in [6.07, 6.45) is 4.40. The third kappa shape index (κ3) is 6.06. The molecule has 4 heteroatoms. The summed E-state index contributed by atoms with van der Waals surface area (Å²) in [5, 5.41) is 8.22. The normalized spacial score (nSPS) is 12.6. The van der Waals surface area contributed by atoms with E-state index in [1.165, 1.54) is 0 Å². The quantitative estimate of drug-likeness (QED) is 0.794. The summed E-state index contributed by atoms with van der Waals surface area (Å²) in [6.45, 7) is 14.0. The first-order chi connectivity index (χ1) is 9.35. The fourth-order valence-electron chi connectivity index (χ4n) is 2.31. The minimum absolute atomic E-state index is 0.192. The Balaban J connectivity index is 2.40. The largest absolute Gasteiger partial charge is 0.311 e. The molecular formula is C16H32N4. The Labute approximate surface area is 124 Å². The maximum Gasteiger partial charge on any atom is 0.0764 e. The van der Waals surface area contributed by atoms with Crippen molar-refractivity contribution < 1.29 is 0 Å². The third-order valence-corrected chi connectivity index (χ3v) is 3.56. The molecule has 1 heterocycles. The average Bonchev–Trinajstić information content (AvgIpc) is 2.77. The lowest BCUT2D eigenvalue weighted by Crippen LogP contribution is -2.40. The van der Waals surface area contributed by atoms with Crippen LogP contribution in [0.2, 0.25) is 0 Å². The predicted molar refractivity (Wildman–Crippen MR) is 85.9 cm³/mol. The van der Waals surface area contributed by atoms with Crippen molar-refractivity contribution in [3.05, 3.63) is 18.0 Å². The van der Waals surface area contributed by atoms with E-state index in [0.717, 1.165) is 38.2 Å². The van der Waals surface area contributed by atoms with Crippen molar-refractivity contribution in [2.45, 2.75) is 65.6 Å². The Kier molecular flexibility index (Phi) is 6.69. The molecule has 116 valence electrons. The topological polar surface area (TPSA) is 33.1 Å². The molecule has 1 aromatic heterocycles. The summed E-state index contributed by atoms with van der Waals surface area (Å²) in [7, 11) is 2.15. The summed E-state index contributed by atoms with van der Waals surface area (Å²) in [5.41, 5.74) is 1.35. The average molecular weight is 280 g/mol. The highest BCUT2D eigenvalue weighted by Gasteiger charge is 2.11. The lowest BCUT2D eigenvalue weighted by atomic mass is 10.1. The predicted octanol–water partition coefficient (Wildman–Crippen LogP) is 3.06. The number of hydrogen-bond donors (Lipinski definition) is 1. The van der Waals surface area contributed by atoms with Gasteiger partial charge < -0.3 is 5.32 Å². The molecule has 0 saturated heterocycles. The summed E-state index contributed by atoms with van der Waals surface area (Å²) < 4.78 is 2.12. The van der Waals surface area contributed by atoms with Crippen LogP contribution in [0.1, 0.15) is 59.2 Å². The maximum absolute atomic E-state index is 4.70. The van der Waals surface area contributed by atoms with Crippen LogP contribution in [-0.2, 0) is 6.54 Å². The fraction of sp³-hybridized carbons (Fsp3) is 0.812. The molecule has 20 heavy (non-hydrogen) atoms. The van der Waals surface area contributed by atoms with Crippen molar-refractivity contribution in [1.82, 2.24) is 20.0 Å². The second-order valence-corrected chi connectivity index (χ2v) is 6.67. The number of hydrogen-bond acceptors (Lipinski definition) is 3. The Morgan fingerprint density at radius 1 is 1.30 bits per heavy atom. The van der Waals surface area contributed by atoms with Crippen molar-refractivity contribution in [3.63, 3.8) is 0 Å². The minimum Gasteiger partial charge on any atom is -0.311 e. The first-order valence-electron chi connectivity index (χ1n) is 7.83. The summed E-state index contributed by atoms with van der Waals surface area (Å²) >= 11 is 0. The van der Waals surface area contributed by atoms with Crippen LogP contribution in [0.15, 0.2) is 12.3 Å². The second-order valence-electron chi connectivity index (χ2n) is 6.67. The van der Waals surface area contributed by atoms with Crippen LogP contribution in [0, 0.1) is 0 Å². The van der Waals surface area contributed by atoms with E-state index in [1.807, 2.05) is 0 Å². The number of nitrogens with one attached hydrogen (secondary N) is 1. The van der Waals surface area contributed by atoms with Gasteiger partial charge in [-0.1, -0.05) is 13.8 Å². The number of aromatic nitrogens is 2. The van der Waals surface area contributed by atoms with Gasteiger partial charge in [0.05, 0.1) is 11.7 Å². The molecule has 1 rings (SSSR count). The van der Waals surface area contributed by atoms with Crippen molar-refractivity contribution in [3.8, 4) is 0 Å². The van der Waals surface area contributed by atoms with E-state index in [0.29, 0.717) is 6.04 Å². The molecule has 0 amide bonds. The SMILES string of the molecule is CCC(CC)n1ccc(CN(C)CCNC(C)(C)C)n1. The van der Waals surface area contributed by atoms with Crippen LogP contribution in [-0.4, -0.2) is 40.4 Å². The van der Waals surface area contributed by atoms with Crippen molar-refractivity contribution in [2.24, 2.45) is 0 Å². The van der Waals surface area contributed by atoms with Gasteiger partial charge in [0.2, 0.25) is 0 Å². The molecular weight excluding hydrogens is 248 g/mol. The van der Waals surface area contributed by atoms with Gasteiger partial charge in [-0.2, -0.15) is 5.10 Å². The van der Waals surface area contributed by atoms with Crippen molar-refractivity contribution in [2.75, 3.05) is 20.1 Å². The van der Waals surface area contributed by atoms with Gasteiger partial charge in [0, 0.05) is 31.4 Å². The molecule has 0 radical (unpaired) electrons.